The minimum absolute atomic E-state index is 0.0478. The number of ether oxygens (including phenoxy) is 1. The van der Waals surface area contributed by atoms with Crippen molar-refractivity contribution in [2.24, 2.45) is 0 Å². The number of carbonyl (C=O) groups excluding carboxylic acids is 2. The van der Waals surface area contributed by atoms with E-state index in [2.05, 4.69) is 31.0 Å². The van der Waals surface area contributed by atoms with Crippen LogP contribution in [0.3, 0.4) is 0 Å². The number of hydrogen-bond donors (Lipinski definition) is 1. The molecule has 3 rings (SSSR count). The fourth-order valence-electron chi connectivity index (χ4n) is 2.71. The van der Waals surface area contributed by atoms with Crippen molar-refractivity contribution in [1.29, 1.82) is 5.26 Å². The number of nitriles is 1. The van der Waals surface area contributed by atoms with Crippen molar-refractivity contribution in [2.75, 3.05) is 12.4 Å². The molecule has 28 heavy (non-hydrogen) atoms. The maximum Gasteiger partial charge on any atom is 0.348 e. The van der Waals surface area contributed by atoms with E-state index in [9.17, 15) is 14.9 Å². The fourth-order valence-corrected chi connectivity index (χ4v) is 2.94. The summed E-state index contributed by atoms with van der Waals surface area (Å²) in [7, 11) is 1.22. The third kappa shape index (κ3) is 4.27. The Kier molecular flexibility index (Phi) is 5.87. The van der Waals surface area contributed by atoms with Gasteiger partial charge in [0.2, 0.25) is 5.91 Å². The number of fused-ring (bicyclic) bond motifs is 1. The number of nitrogens with zero attached hydrogens (tertiary/aromatic N) is 3. The minimum Gasteiger partial charge on any atom is -0.465 e. The maximum atomic E-state index is 12.4. The van der Waals surface area contributed by atoms with Crippen LogP contribution in [0.15, 0.2) is 58.8 Å². The van der Waals surface area contributed by atoms with Crippen molar-refractivity contribution in [1.82, 2.24) is 9.55 Å². The second kappa shape index (κ2) is 8.50. The van der Waals surface area contributed by atoms with Crippen LogP contribution in [0.25, 0.3) is 17.0 Å². The predicted molar refractivity (Wildman–Crippen MR) is 108 cm³/mol. The van der Waals surface area contributed by atoms with Crippen LogP contribution in [-0.4, -0.2) is 28.5 Å². The molecule has 140 valence electrons. The van der Waals surface area contributed by atoms with Gasteiger partial charge >= 0.3 is 5.97 Å². The minimum atomic E-state index is -0.710. The molecule has 2 aromatic heterocycles. The Hall–Kier alpha value is -3.44. The van der Waals surface area contributed by atoms with Crippen molar-refractivity contribution >= 4 is 50.6 Å². The second-order valence-corrected chi connectivity index (χ2v) is 6.72. The summed E-state index contributed by atoms with van der Waals surface area (Å²) < 4.78 is 7.19. The fraction of sp³-hybridized carbons (Fsp3) is 0.100. The Morgan fingerprint density at radius 1 is 1.32 bits per heavy atom. The highest BCUT2D eigenvalue weighted by Crippen LogP contribution is 2.24. The highest BCUT2D eigenvalue weighted by atomic mass is 79.9. The van der Waals surface area contributed by atoms with Gasteiger partial charge in [-0.25, -0.2) is 9.78 Å². The number of aromatic nitrogens is 2. The first kappa shape index (κ1) is 19.3. The van der Waals surface area contributed by atoms with Gasteiger partial charge in [0.25, 0.3) is 0 Å². The van der Waals surface area contributed by atoms with Crippen LogP contribution in [-0.2, 0) is 20.9 Å². The molecule has 0 radical (unpaired) electrons. The van der Waals surface area contributed by atoms with Gasteiger partial charge < -0.3 is 14.6 Å². The zero-order valence-corrected chi connectivity index (χ0v) is 16.4. The molecule has 0 bridgehead atoms. The predicted octanol–water partition coefficient (Wildman–Crippen LogP) is 3.52. The third-order valence-electron chi connectivity index (χ3n) is 3.95. The molecule has 0 unspecified atom stereocenters. The SMILES string of the molecule is COC(=O)/C(C#N)=C/c1cn(CC(=O)Nc2ccc(Br)cn2)c2ccccc12. The largest absolute Gasteiger partial charge is 0.465 e. The molecule has 0 aliphatic rings. The van der Waals surface area contributed by atoms with Gasteiger partial charge in [0, 0.05) is 33.3 Å². The Morgan fingerprint density at radius 2 is 2.11 bits per heavy atom. The summed E-state index contributed by atoms with van der Waals surface area (Å²) in [5.41, 5.74) is 1.33. The van der Waals surface area contributed by atoms with Crippen LogP contribution in [0.1, 0.15) is 5.56 Å². The number of carbonyl (C=O) groups is 2. The number of rotatable bonds is 5. The molecule has 7 nitrogen and oxygen atoms in total. The lowest BCUT2D eigenvalue weighted by Crippen LogP contribution is -2.18. The van der Waals surface area contributed by atoms with E-state index in [0.29, 0.717) is 11.4 Å². The molecule has 8 heteroatoms. The monoisotopic (exact) mass is 438 g/mol. The molecular weight excluding hydrogens is 424 g/mol. The van der Waals surface area contributed by atoms with E-state index in [1.807, 2.05) is 30.3 Å². The highest BCUT2D eigenvalue weighted by Gasteiger charge is 2.14. The van der Waals surface area contributed by atoms with E-state index in [1.54, 1.807) is 29.1 Å². The van der Waals surface area contributed by atoms with Crippen molar-refractivity contribution in [3.05, 3.63) is 64.4 Å². The average Bonchev–Trinajstić information content (AvgIpc) is 3.04. The molecule has 0 saturated heterocycles. The molecular formula is C20H15BrN4O3. The number of hydrogen-bond acceptors (Lipinski definition) is 5. The van der Waals surface area contributed by atoms with Crippen LogP contribution in [0.5, 0.6) is 0 Å². The summed E-state index contributed by atoms with van der Waals surface area (Å²) in [4.78, 5) is 28.2. The van der Waals surface area contributed by atoms with Crippen LogP contribution in [0.2, 0.25) is 0 Å². The molecule has 0 fully saturated rings. The zero-order valence-electron chi connectivity index (χ0n) is 14.8. The first-order valence-corrected chi connectivity index (χ1v) is 9.00. The van der Waals surface area contributed by atoms with Gasteiger partial charge in [0.1, 0.15) is 24.0 Å². The van der Waals surface area contributed by atoms with Crippen LogP contribution in [0, 0.1) is 11.3 Å². The normalized spacial score (nSPS) is 11.1. The number of halogens is 1. The number of anilines is 1. The van der Waals surface area contributed by atoms with E-state index < -0.39 is 5.97 Å². The molecule has 2 heterocycles. The number of methoxy groups -OCH3 is 1. The molecule has 3 aromatic rings. The molecule has 1 N–H and O–H groups in total. The lowest BCUT2D eigenvalue weighted by Gasteiger charge is -2.06. The van der Waals surface area contributed by atoms with E-state index >= 15 is 0 Å². The van der Waals surface area contributed by atoms with Gasteiger partial charge in [0.05, 0.1) is 7.11 Å². The highest BCUT2D eigenvalue weighted by molar-refractivity contribution is 9.10. The van der Waals surface area contributed by atoms with Gasteiger partial charge in [-0.2, -0.15) is 5.26 Å². The van der Waals surface area contributed by atoms with Crippen LogP contribution in [0.4, 0.5) is 5.82 Å². The third-order valence-corrected chi connectivity index (χ3v) is 4.42. The van der Waals surface area contributed by atoms with E-state index in [4.69, 9.17) is 0 Å². The summed E-state index contributed by atoms with van der Waals surface area (Å²) in [5.74, 6) is -0.514. The van der Waals surface area contributed by atoms with Gasteiger partial charge in [-0.05, 0) is 40.2 Å². The molecule has 1 aromatic carbocycles. The second-order valence-electron chi connectivity index (χ2n) is 5.80. The molecule has 0 atom stereocenters. The smallest absolute Gasteiger partial charge is 0.348 e. The van der Waals surface area contributed by atoms with Crippen molar-refractivity contribution < 1.29 is 14.3 Å². The Bertz CT molecular complexity index is 1110. The van der Waals surface area contributed by atoms with Gasteiger partial charge in [-0.1, -0.05) is 18.2 Å². The quantitative estimate of drug-likeness (QED) is 0.373. The van der Waals surface area contributed by atoms with Crippen LogP contribution < -0.4 is 5.32 Å². The maximum absolute atomic E-state index is 12.4. The summed E-state index contributed by atoms with van der Waals surface area (Å²) in [5, 5.41) is 12.7. The van der Waals surface area contributed by atoms with Crippen molar-refractivity contribution in [3.8, 4) is 6.07 Å². The van der Waals surface area contributed by atoms with E-state index in [0.717, 1.165) is 15.4 Å². The van der Waals surface area contributed by atoms with Crippen molar-refractivity contribution in [3.63, 3.8) is 0 Å². The lowest BCUT2D eigenvalue weighted by molar-refractivity contribution is -0.135. The molecule has 0 spiro atoms. The summed E-state index contributed by atoms with van der Waals surface area (Å²) in [6.45, 7) is 0.0478. The Morgan fingerprint density at radius 3 is 2.79 bits per heavy atom. The standard InChI is InChI=1S/C20H15BrN4O3/c1-28-20(27)13(9-22)8-14-11-25(17-5-3-2-4-16(14)17)12-19(26)24-18-7-6-15(21)10-23-18/h2-8,10-11H,12H2,1H3,(H,23,24,26)/b13-8+. The van der Waals surface area contributed by atoms with Crippen LogP contribution >= 0.6 is 15.9 Å². The van der Waals surface area contributed by atoms with Crippen molar-refractivity contribution in [2.45, 2.75) is 6.54 Å². The molecule has 0 aliphatic carbocycles. The van der Waals surface area contributed by atoms with E-state index in [-0.39, 0.29) is 18.0 Å². The molecule has 0 saturated carbocycles. The number of benzene rings is 1. The van der Waals surface area contributed by atoms with Gasteiger partial charge in [-0.15, -0.1) is 0 Å². The number of esters is 1. The Balaban J connectivity index is 1.91. The average molecular weight is 439 g/mol. The number of amides is 1. The number of nitrogens with one attached hydrogen (secondary N) is 1. The first-order valence-electron chi connectivity index (χ1n) is 8.21. The Labute approximate surface area is 169 Å². The molecule has 1 amide bonds. The summed E-state index contributed by atoms with van der Waals surface area (Å²) >= 11 is 3.30. The van der Waals surface area contributed by atoms with Gasteiger partial charge in [0.15, 0.2) is 0 Å². The molecule has 0 aliphatic heterocycles. The zero-order chi connectivity index (χ0) is 20.1. The van der Waals surface area contributed by atoms with Gasteiger partial charge in [-0.3, -0.25) is 4.79 Å². The topological polar surface area (TPSA) is 97.0 Å². The number of pyridine rings is 1. The first-order chi connectivity index (χ1) is 13.5. The summed E-state index contributed by atoms with van der Waals surface area (Å²) in [6.07, 6.45) is 4.78. The van der Waals surface area contributed by atoms with E-state index in [1.165, 1.54) is 13.2 Å². The summed E-state index contributed by atoms with van der Waals surface area (Å²) in [6, 6.07) is 12.7. The lowest BCUT2D eigenvalue weighted by atomic mass is 10.1. The number of para-hydroxylation sites is 1.